The second kappa shape index (κ2) is 27.4. The van der Waals surface area contributed by atoms with Gasteiger partial charge in [0, 0.05) is 77.6 Å². The molecule has 0 saturated carbocycles. The third kappa shape index (κ3) is 10.8. The van der Waals surface area contributed by atoms with E-state index >= 15 is 0 Å². The zero-order chi connectivity index (χ0) is 78.1. The molecular weight excluding hydrogens is 1430 g/mol. The number of fused-ring (bicyclic) bond motifs is 13. The normalized spacial score (nSPS) is 12.2. The van der Waals surface area contributed by atoms with Crippen LogP contribution >= 0.6 is 0 Å². The van der Waals surface area contributed by atoms with Crippen molar-refractivity contribution < 1.29 is 0 Å². The molecule has 0 amide bonds. The first-order valence-corrected chi connectivity index (χ1v) is 40.1. The Balaban J connectivity index is 0.777. The number of benzene rings is 18. The van der Waals surface area contributed by atoms with Crippen LogP contribution < -0.4 is 26.2 Å². The summed E-state index contributed by atoms with van der Waals surface area (Å²) >= 11 is 0. The van der Waals surface area contributed by atoms with Crippen molar-refractivity contribution >= 4 is 128 Å². The van der Waals surface area contributed by atoms with Crippen molar-refractivity contribution in [1.29, 1.82) is 5.26 Å². The summed E-state index contributed by atoms with van der Waals surface area (Å²) in [5.41, 5.74) is 35.3. The Morgan fingerprint density at radius 2 is 0.568 bits per heavy atom. The smallest absolute Gasteiger partial charge is 0.252 e. The highest BCUT2D eigenvalue weighted by atomic mass is 15.2. The van der Waals surface area contributed by atoms with E-state index in [1.807, 2.05) is 18.2 Å². The molecular formula is C110H68BN7. The van der Waals surface area contributed by atoms with E-state index in [1.54, 1.807) is 0 Å². The second-order valence-electron chi connectivity index (χ2n) is 30.8. The summed E-state index contributed by atoms with van der Waals surface area (Å²) in [6.07, 6.45) is 0. The number of nitriles is 1. The van der Waals surface area contributed by atoms with Crippen LogP contribution in [-0.2, 0) is 0 Å². The second-order valence-corrected chi connectivity index (χ2v) is 30.8. The van der Waals surface area contributed by atoms with E-state index < -0.39 is 0 Å². The van der Waals surface area contributed by atoms with Crippen LogP contribution in [0.1, 0.15) is 5.56 Å². The largest absolute Gasteiger partial charge is 0.311 e. The Bertz CT molecular complexity index is 7450. The minimum absolute atomic E-state index is 0.196. The first kappa shape index (κ1) is 67.7. The first-order valence-electron chi connectivity index (χ1n) is 40.1. The fourth-order valence-electron chi connectivity index (χ4n) is 19.1. The molecule has 0 radical (unpaired) electrons. The summed E-state index contributed by atoms with van der Waals surface area (Å²) in [5, 5.41) is 17.6. The quantitative estimate of drug-likeness (QED) is 0.0905. The van der Waals surface area contributed by atoms with Gasteiger partial charge in [-0.3, -0.25) is 0 Å². The van der Waals surface area contributed by atoms with Gasteiger partial charge in [0.25, 0.3) is 6.71 Å². The van der Waals surface area contributed by atoms with E-state index in [0.29, 0.717) is 11.3 Å². The molecule has 0 aliphatic carbocycles. The van der Waals surface area contributed by atoms with Crippen molar-refractivity contribution in [3.63, 3.8) is 0 Å². The molecule has 21 aromatic rings. The van der Waals surface area contributed by atoms with Gasteiger partial charge in [-0.25, -0.2) is 4.85 Å². The first-order chi connectivity index (χ1) is 58.4. The maximum Gasteiger partial charge on any atom is 0.252 e. The number of nitrogens with zero attached hydrogens (tertiary/aromatic N) is 7. The van der Waals surface area contributed by atoms with E-state index in [0.717, 1.165) is 194 Å². The zero-order valence-corrected chi connectivity index (χ0v) is 64.0. The Morgan fingerprint density at radius 3 is 1.01 bits per heavy atom. The molecule has 5 heterocycles. The van der Waals surface area contributed by atoms with Crippen LogP contribution in [0.25, 0.3) is 165 Å². The topological polar surface area (TPSA) is 49.4 Å². The molecule has 0 spiro atoms. The van der Waals surface area contributed by atoms with Gasteiger partial charge in [0.1, 0.15) is 0 Å². The lowest BCUT2D eigenvalue weighted by Gasteiger charge is -2.44. The number of anilines is 6. The monoisotopic (exact) mass is 1500 g/mol. The highest BCUT2D eigenvalue weighted by molar-refractivity contribution is 7.00. The fraction of sp³-hybridized carbons (Fsp3) is 0. The maximum absolute atomic E-state index is 10.9. The van der Waals surface area contributed by atoms with Crippen molar-refractivity contribution in [1.82, 2.24) is 13.7 Å². The zero-order valence-electron chi connectivity index (χ0n) is 64.0. The summed E-state index contributed by atoms with van der Waals surface area (Å²) in [6.45, 7) is 8.56. The molecule has 546 valence electrons. The average molecular weight is 1500 g/mol. The number of para-hydroxylation sites is 5. The highest BCUT2D eigenvalue weighted by Gasteiger charge is 2.44. The lowest BCUT2D eigenvalue weighted by molar-refractivity contribution is 1.16. The van der Waals surface area contributed by atoms with E-state index in [2.05, 4.69) is 429 Å². The minimum atomic E-state index is -0.196. The van der Waals surface area contributed by atoms with Gasteiger partial charge in [0.15, 0.2) is 5.69 Å². The van der Waals surface area contributed by atoms with Crippen LogP contribution in [0, 0.1) is 17.9 Å². The van der Waals surface area contributed by atoms with Crippen LogP contribution in [0.4, 0.5) is 39.8 Å². The van der Waals surface area contributed by atoms with Crippen molar-refractivity contribution in [3.8, 4) is 101 Å². The Hall–Kier alpha value is -16.0. The molecule has 0 unspecified atom stereocenters. The molecule has 8 heteroatoms. The molecule has 0 saturated heterocycles. The molecule has 23 rings (SSSR count). The molecule has 0 fully saturated rings. The summed E-state index contributed by atoms with van der Waals surface area (Å²) in [5.74, 6) is 0. The summed E-state index contributed by atoms with van der Waals surface area (Å²) in [6, 6.07) is 153. The molecule has 0 bridgehead atoms. The molecule has 0 atom stereocenters. The van der Waals surface area contributed by atoms with Crippen molar-refractivity contribution in [3.05, 3.63) is 429 Å². The van der Waals surface area contributed by atoms with E-state index in [-0.39, 0.29) is 6.71 Å². The summed E-state index contributed by atoms with van der Waals surface area (Å²) in [7, 11) is 0. The van der Waals surface area contributed by atoms with Crippen LogP contribution in [0.3, 0.4) is 0 Å². The number of aromatic nitrogens is 3. The van der Waals surface area contributed by atoms with Crippen LogP contribution in [0.15, 0.2) is 413 Å². The predicted molar refractivity (Wildman–Crippen MR) is 493 cm³/mol. The van der Waals surface area contributed by atoms with Crippen LogP contribution in [0.5, 0.6) is 0 Å². The number of hydrogen-bond acceptors (Lipinski definition) is 3. The molecule has 118 heavy (non-hydrogen) atoms. The maximum atomic E-state index is 10.9. The van der Waals surface area contributed by atoms with Gasteiger partial charge in [-0.05, 0) is 217 Å². The third-order valence-corrected chi connectivity index (χ3v) is 24.5. The lowest BCUT2D eigenvalue weighted by atomic mass is 9.33. The van der Waals surface area contributed by atoms with Crippen molar-refractivity contribution in [2.45, 2.75) is 0 Å². The van der Waals surface area contributed by atoms with Gasteiger partial charge in [0.2, 0.25) is 0 Å². The predicted octanol–water partition coefficient (Wildman–Crippen LogP) is 27.2. The number of hydrogen-bond donors (Lipinski definition) is 0. The molecule has 7 nitrogen and oxygen atoms in total. The molecule has 2 aliphatic rings. The summed E-state index contributed by atoms with van der Waals surface area (Å²) in [4.78, 5) is 9.28. The molecule has 18 aromatic carbocycles. The van der Waals surface area contributed by atoms with Crippen molar-refractivity contribution in [2.24, 2.45) is 0 Å². The van der Waals surface area contributed by atoms with Gasteiger partial charge in [-0.1, -0.05) is 279 Å². The molecule has 2 aliphatic heterocycles. The van der Waals surface area contributed by atoms with Gasteiger partial charge < -0.3 is 23.5 Å². The SMILES string of the molecule is [C-]#[N+]c1ccc(-n2c3ccccc3c3ccccc32)c(-c2cc(-c3cc(C#N)ccc3-n3c4ccccc4c4ccccc43)ccc2-n2c3ccccc3c3cc(-c4cc5c6c(c4)N(c4ccc(-c7ccccc7)cc4)c4ccc(-c7ccccc7)cc4B6c4cc(-c6ccccc6)ccc4N5c4ccc(-c5ccccc5)cc4)ccc32)c1. The third-order valence-electron chi connectivity index (χ3n) is 24.5. The van der Waals surface area contributed by atoms with E-state index in [4.69, 9.17) is 6.57 Å². The van der Waals surface area contributed by atoms with Crippen LogP contribution in [-0.4, -0.2) is 20.4 Å². The lowest BCUT2D eigenvalue weighted by Crippen LogP contribution is -2.61. The fourth-order valence-corrected chi connectivity index (χ4v) is 19.1. The molecule has 0 N–H and O–H groups in total. The van der Waals surface area contributed by atoms with Crippen LogP contribution in [0.2, 0.25) is 0 Å². The van der Waals surface area contributed by atoms with Crippen molar-refractivity contribution in [2.75, 3.05) is 9.80 Å². The van der Waals surface area contributed by atoms with Gasteiger partial charge in [-0.2, -0.15) is 5.26 Å². The van der Waals surface area contributed by atoms with Gasteiger partial charge >= 0.3 is 0 Å². The summed E-state index contributed by atoms with van der Waals surface area (Å²) < 4.78 is 7.16. The van der Waals surface area contributed by atoms with E-state index in [9.17, 15) is 5.26 Å². The Labute approximate surface area is 683 Å². The Kier molecular flexibility index (Phi) is 15.7. The molecule has 3 aromatic heterocycles. The van der Waals surface area contributed by atoms with E-state index in [1.165, 1.54) is 16.4 Å². The average Bonchev–Trinajstić information content (AvgIpc) is 0.759. The highest BCUT2D eigenvalue weighted by Crippen LogP contribution is 2.51. The minimum Gasteiger partial charge on any atom is -0.311 e. The number of rotatable bonds is 12. The van der Waals surface area contributed by atoms with Gasteiger partial charge in [-0.15, -0.1) is 0 Å². The standard InChI is InChI=1S/C110H68BN7/c1-113-83-51-61-105(117-99-39-21-16-34-88(99)89-35-17-22-40-100(89)117)94(69-83)93-64-81(91-62-71(70-112)42-56-102(91)116-97-37-19-14-32-86(97)87-33-15-20-38-98(87)116)50-58-104(93)118-101-41-23-18-36-90(101)92-63-78(47-57-103(92)118)82-67-108-110-109(68-82)115(85-54-45-77(46-55-85)73-26-8-3-9-27-73)107-60-49-80(75-30-12-5-13-31-75)66-96(107)111(110)95-65-79(74-28-10-4-11-29-74)48-59-106(95)114(108)84-52-43-76(44-53-84)72-24-6-2-7-25-72/h2-69H. The Morgan fingerprint density at radius 1 is 0.237 bits per heavy atom. The van der Waals surface area contributed by atoms with Gasteiger partial charge in [0.05, 0.1) is 68.4 Å².